The van der Waals surface area contributed by atoms with E-state index in [1.165, 1.54) is 0 Å². The highest BCUT2D eigenvalue weighted by atomic mass is 19.1. The fourth-order valence-electron chi connectivity index (χ4n) is 1.62. The van der Waals surface area contributed by atoms with Crippen LogP contribution in [0.4, 0.5) is 4.39 Å². The first-order valence-electron chi connectivity index (χ1n) is 4.49. The van der Waals surface area contributed by atoms with E-state index in [1.807, 2.05) is 6.92 Å². The van der Waals surface area contributed by atoms with Crippen molar-refractivity contribution in [3.05, 3.63) is 0 Å². The van der Waals surface area contributed by atoms with E-state index in [4.69, 9.17) is 0 Å². The minimum absolute atomic E-state index is 0.228. The maximum atomic E-state index is 13.0. The fourth-order valence-corrected chi connectivity index (χ4v) is 1.62. The van der Waals surface area contributed by atoms with E-state index in [0.29, 0.717) is 6.04 Å². The van der Waals surface area contributed by atoms with Crippen LogP contribution < -0.4 is 0 Å². The lowest BCUT2D eigenvalue weighted by atomic mass is 9.97. The average Bonchev–Trinajstić information content (AvgIpc) is 1.94. The van der Waals surface area contributed by atoms with Crippen molar-refractivity contribution in [2.75, 3.05) is 13.1 Å². The summed E-state index contributed by atoms with van der Waals surface area (Å²) in [6.45, 7) is 8.21. The smallest absolute Gasteiger partial charge is 0.105 e. The second kappa shape index (κ2) is 3.53. The molecule has 1 saturated heterocycles. The molecule has 11 heavy (non-hydrogen) atoms. The summed E-state index contributed by atoms with van der Waals surface area (Å²) in [5.41, 5.74) is 0. The first-order valence-corrected chi connectivity index (χ1v) is 4.49. The summed E-state index contributed by atoms with van der Waals surface area (Å²) >= 11 is 0. The number of hydrogen-bond donors (Lipinski definition) is 0. The number of rotatable bonds is 1. The predicted molar refractivity (Wildman–Crippen MR) is 45.4 cm³/mol. The van der Waals surface area contributed by atoms with Gasteiger partial charge in [0.15, 0.2) is 0 Å². The molecule has 0 bridgehead atoms. The van der Waals surface area contributed by atoms with Crippen LogP contribution in [-0.4, -0.2) is 30.2 Å². The van der Waals surface area contributed by atoms with Gasteiger partial charge in [-0.2, -0.15) is 0 Å². The summed E-state index contributed by atoms with van der Waals surface area (Å²) < 4.78 is 13.0. The monoisotopic (exact) mass is 159 g/mol. The molecule has 1 nitrogen and oxygen atoms in total. The van der Waals surface area contributed by atoms with Crippen molar-refractivity contribution in [2.45, 2.75) is 39.4 Å². The first kappa shape index (κ1) is 8.98. The molecule has 0 unspecified atom stereocenters. The molecule has 0 amide bonds. The summed E-state index contributed by atoms with van der Waals surface area (Å²) in [6, 6.07) is 0.574. The van der Waals surface area contributed by atoms with Gasteiger partial charge in [-0.15, -0.1) is 0 Å². The molecule has 1 heterocycles. The zero-order chi connectivity index (χ0) is 8.43. The van der Waals surface area contributed by atoms with Crippen LogP contribution in [0.5, 0.6) is 0 Å². The number of hydrogen-bond acceptors (Lipinski definition) is 1. The van der Waals surface area contributed by atoms with Gasteiger partial charge in [0.05, 0.1) is 0 Å². The molecule has 1 aliphatic rings. The molecular weight excluding hydrogens is 141 g/mol. The Morgan fingerprint density at radius 2 is 2.09 bits per heavy atom. The van der Waals surface area contributed by atoms with Gasteiger partial charge in [0, 0.05) is 25.0 Å². The number of nitrogens with zero attached hydrogens (tertiary/aromatic N) is 1. The van der Waals surface area contributed by atoms with Gasteiger partial charge in [-0.25, -0.2) is 4.39 Å². The Morgan fingerprint density at radius 1 is 1.45 bits per heavy atom. The van der Waals surface area contributed by atoms with E-state index in [1.54, 1.807) is 0 Å². The molecule has 0 saturated carbocycles. The third-order valence-electron chi connectivity index (χ3n) is 2.56. The Bertz CT molecular complexity index is 125. The molecule has 2 atom stereocenters. The minimum atomic E-state index is -0.565. The average molecular weight is 159 g/mol. The lowest BCUT2D eigenvalue weighted by Crippen LogP contribution is -2.43. The Balaban J connectivity index is 2.40. The maximum Gasteiger partial charge on any atom is 0.105 e. The molecule has 1 fully saturated rings. The van der Waals surface area contributed by atoms with Gasteiger partial charge >= 0.3 is 0 Å². The molecule has 1 aliphatic heterocycles. The van der Waals surface area contributed by atoms with E-state index in [2.05, 4.69) is 18.7 Å². The Morgan fingerprint density at radius 3 is 2.55 bits per heavy atom. The molecule has 66 valence electrons. The minimum Gasteiger partial charge on any atom is -0.300 e. The highest BCUT2D eigenvalue weighted by Gasteiger charge is 2.26. The molecular formula is C9H18FN. The van der Waals surface area contributed by atoms with Gasteiger partial charge in [0.1, 0.15) is 6.17 Å². The Kier molecular flexibility index (Phi) is 2.88. The highest BCUT2D eigenvalue weighted by molar-refractivity contribution is 4.78. The van der Waals surface area contributed by atoms with Crippen molar-refractivity contribution in [1.82, 2.24) is 4.90 Å². The van der Waals surface area contributed by atoms with Crippen LogP contribution >= 0.6 is 0 Å². The zero-order valence-corrected chi connectivity index (χ0v) is 7.68. The maximum absolute atomic E-state index is 13.0. The fraction of sp³-hybridized carbons (Fsp3) is 1.00. The van der Waals surface area contributed by atoms with Crippen LogP contribution in [0.2, 0.25) is 0 Å². The predicted octanol–water partition coefficient (Wildman–Crippen LogP) is 2.07. The van der Waals surface area contributed by atoms with Gasteiger partial charge in [-0.3, -0.25) is 0 Å². The van der Waals surface area contributed by atoms with E-state index >= 15 is 0 Å². The van der Waals surface area contributed by atoms with Gasteiger partial charge in [0.25, 0.3) is 0 Å². The van der Waals surface area contributed by atoms with E-state index < -0.39 is 6.17 Å². The molecule has 1 rings (SSSR count). The molecule has 0 N–H and O–H groups in total. The van der Waals surface area contributed by atoms with Crippen molar-refractivity contribution in [3.63, 3.8) is 0 Å². The van der Waals surface area contributed by atoms with Crippen LogP contribution in [0, 0.1) is 5.92 Å². The van der Waals surface area contributed by atoms with Crippen molar-refractivity contribution < 1.29 is 4.39 Å². The second-order valence-corrected chi connectivity index (χ2v) is 3.87. The first-order chi connectivity index (χ1) is 5.11. The van der Waals surface area contributed by atoms with Gasteiger partial charge in [-0.05, 0) is 20.3 Å². The van der Waals surface area contributed by atoms with E-state index in [0.717, 1.165) is 19.5 Å². The van der Waals surface area contributed by atoms with Crippen LogP contribution in [0.15, 0.2) is 0 Å². The SMILES string of the molecule is CC(C)N1CC[C@H](F)[C@H](C)C1. The molecule has 0 aliphatic carbocycles. The number of alkyl halides is 1. The molecule has 0 aromatic carbocycles. The normalized spacial score (nSPS) is 34.6. The second-order valence-electron chi connectivity index (χ2n) is 3.87. The lowest BCUT2D eigenvalue weighted by Gasteiger charge is -2.35. The Labute approximate surface area is 68.6 Å². The van der Waals surface area contributed by atoms with Gasteiger partial charge in [0.2, 0.25) is 0 Å². The van der Waals surface area contributed by atoms with Crippen LogP contribution in [-0.2, 0) is 0 Å². The molecule has 0 aromatic rings. The number of halogens is 1. The van der Waals surface area contributed by atoms with Crippen LogP contribution in [0.3, 0.4) is 0 Å². The number of piperidine rings is 1. The van der Waals surface area contributed by atoms with Crippen molar-refractivity contribution in [3.8, 4) is 0 Å². The van der Waals surface area contributed by atoms with Crippen LogP contribution in [0.1, 0.15) is 27.2 Å². The summed E-state index contributed by atoms with van der Waals surface area (Å²) in [7, 11) is 0. The topological polar surface area (TPSA) is 3.24 Å². The zero-order valence-electron chi connectivity index (χ0n) is 7.68. The summed E-state index contributed by atoms with van der Waals surface area (Å²) in [6.07, 6.45) is 0.157. The molecule has 0 radical (unpaired) electrons. The lowest BCUT2D eigenvalue weighted by molar-refractivity contribution is 0.0773. The summed E-state index contributed by atoms with van der Waals surface area (Å²) in [5.74, 6) is 0.228. The van der Waals surface area contributed by atoms with Crippen molar-refractivity contribution in [1.29, 1.82) is 0 Å². The third-order valence-corrected chi connectivity index (χ3v) is 2.56. The van der Waals surface area contributed by atoms with Crippen LogP contribution in [0.25, 0.3) is 0 Å². The van der Waals surface area contributed by atoms with Crippen molar-refractivity contribution in [2.24, 2.45) is 5.92 Å². The van der Waals surface area contributed by atoms with Gasteiger partial charge in [-0.1, -0.05) is 6.92 Å². The quantitative estimate of drug-likeness (QED) is 0.566. The largest absolute Gasteiger partial charge is 0.300 e. The standard InChI is InChI=1S/C9H18FN/c1-7(2)11-5-4-9(10)8(3)6-11/h7-9H,4-6H2,1-3H3/t8-,9+/m1/s1. The number of likely N-dealkylation sites (tertiary alicyclic amines) is 1. The van der Waals surface area contributed by atoms with Crippen molar-refractivity contribution >= 4 is 0 Å². The Hall–Kier alpha value is -0.110. The highest BCUT2D eigenvalue weighted by Crippen LogP contribution is 2.20. The summed E-state index contributed by atoms with van der Waals surface area (Å²) in [4.78, 5) is 2.35. The summed E-state index contributed by atoms with van der Waals surface area (Å²) in [5, 5.41) is 0. The molecule has 0 aromatic heterocycles. The van der Waals surface area contributed by atoms with E-state index in [9.17, 15) is 4.39 Å². The van der Waals surface area contributed by atoms with E-state index in [-0.39, 0.29) is 5.92 Å². The third kappa shape index (κ3) is 2.16. The van der Waals surface area contributed by atoms with Gasteiger partial charge < -0.3 is 4.90 Å². The molecule has 0 spiro atoms. The molecule has 2 heteroatoms.